The van der Waals surface area contributed by atoms with E-state index in [-0.39, 0.29) is 6.54 Å². The number of rotatable bonds is 4. The quantitative estimate of drug-likeness (QED) is 0.727. The van der Waals surface area contributed by atoms with Gasteiger partial charge in [-0.3, -0.25) is 9.59 Å². The van der Waals surface area contributed by atoms with Crippen molar-refractivity contribution in [1.82, 2.24) is 15.3 Å². The first-order chi connectivity index (χ1) is 8.99. The van der Waals surface area contributed by atoms with Crippen LogP contribution in [0.1, 0.15) is 12.5 Å². The van der Waals surface area contributed by atoms with Gasteiger partial charge in [-0.1, -0.05) is 11.6 Å². The van der Waals surface area contributed by atoms with Gasteiger partial charge in [0.25, 0.3) is 0 Å². The summed E-state index contributed by atoms with van der Waals surface area (Å²) in [5.41, 5.74) is 6.53. The van der Waals surface area contributed by atoms with Crippen molar-refractivity contribution in [3.63, 3.8) is 0 Å². The average molecular weight is 281 g/mol. The number of amides is 2. The Hall–Kier alpha value is -2.08. The predicted octanol–water partition coefficient (Wildman–Crippen LogP) is 0.954. The van der Waals surface area contributed by atoms with Gasteiger partial charge in [-0.25, -0.2) is 4.98 Å². The molecule has 0 spiro atoms. The zero-order valence-corrected chi connectivity index (χ0v) is 11.0. The second-order valence-corrected chi connectivity index (χ2v) is 4.63. The highest BCUT2D eigenvalue weighted by Crippen LogP contribution is 2.21. The van der Waals surface area contributed by atoms with Crippen LogP contribution < -0.4 is 11.1 Å². The largest absolute Gasteiger partial charge is 0.369 e. The van der Waals surface area contributed by atoms with Gasteiger partial charge in [0, 0.05) is 24.3 Å². The number of carbonyl (C=O) groups excluding carboxylic acids is 2. The van der Waals surface area contributed by atoms with Gasteiger partial charge in [0.2, 0.25) is 11.8 Å². The topological polar surface area (TPSA) is 101 Å². The number of fused-ring (bicyclic) bond motifs is 1. The number of hydrogen-bond acceptors (Lipinski definition) is 3. The van der Waals surface area contributed by atoms with Gasteiger partial charge in [-0.05, 0) is 18.6 Å². The van der Waals surface area contributed by atoms with E-state index in [0.717, 1.165) is 10.9 Å². The molecule has 7 heteroatoms. The van der Waals surface area contributed by atoms with Crippen LogP contribution in [-0.4, -0.2) is 21.8 Å². The van der Waals surface area contributed by atoms with Crippen LogP contribution >= 0.6 is 11.6 Å². The van der Waals surface area contributed by atoms with Crippen LogP contribution in [0.4, 0.5) is 0 Å². The Kier molecular flexibility index (Phi) is 3.71. The molecule has 0 saturated carbocycles. The van der Waals surface area contributed by atoms with Gasteiger partial charge < -0.3 is 16.0 Å². The maximum Gasteiger partial charge on any atom is 0.232 e. The second-order valence-electron chi connectivity index (χ2n) is 4.22. The number of pyridine rings is 1. The summed E-state index contributed by atoms with van der Waals surface area (Å²) in [5.74, 6) is -1.92. The highest BCUT2D eigenvalue weighted by Gasteiger charge is 2.17. The highest BCUT2D eigenvalue weighted by atomic mass is 35.5. The third kappa shape index (κ3) is 2.85. The SMILES string of the molecule is C[C@@H](C(N)=O)C(=O)NCc1cnc2[nH]cc(Cl)c2c1. The lowest BCUT2D eigenvalue weighted by Gasteiger charge is -2.08. The molecule has 0 bridgehead atoms. The van der Waals surface area contributed by atoms with Crippen LogP contribution in [0, 0.1) is 5.92 Å². The number of nitrogens with one attached hydrogen (secondary N) is 2. The van der Waals surface area contributed by atoms with Crippen LogP contribution in [0.3, 0.4) is 0 Å². The zero-order chi connectivity index (χ0) is 14.0. The van der Waals surface area contributed by atoms with E-state index in [1.807, 2.05) is 6.07 Å². The van der Waals surface area contributed by atoms with E-state index in [0.29, 0.717) is 10.7 Å². The Morgan fingerprint density at radius 1 is 1.58 bits per heavy atom. The molecular weight excluding hydrogens is 268 g/mol. The van der Waals surface area contributed by atoms with Crippen LogP contribution in [0.2, 0.25) is 5.02 Å². The highest BCUT2D eigenvalue weighted by molar-refractivity contribution is 6.35. The van der Waals surface area contributed by atoms with Gasteiger partial charge in [0.05, 0.1) is 5.02 Å². The molecular formula is C12H13ClN4O2. The number of primary amides is 1. The van der Waals surface area contributed by atoms with Crippen molar-refractivity contribution < 1.29 is 9.59 Å². The Labute approximate surface area is 114 Å². The molecule has 2 amide bonds. The molecule has 0 aromatic carbocycles. The fraction of sp³-hybridized carbons (Fsp3) is 0.250. The minimum atomic E-state index is -0.854. The standard InChI is InChI=1S/C12H13ClN4O2/c1-6(10(14)18)12(19)17-4-7-2-8-9(13)5-16-11(8)15-3-7/h2-3,5-6H,4H2,1H3,(H2,14,18)(H,15,16)(H,17,19)/t6-/m0/s1. The van der Waals surface area contributed by atoms with Crippen molar-refractivity contribution in [3.05, 3.63) is 29.0 Å². The van der Waals surface area contributed by atoms with Crippen molar-refractivity contribution in [2.24, 2.45) is 11.7 Å². The fourth-order valence-corrected chi connectivity index (χ4v) is 1.78. The maximum absolute atomic E-state index is 11.6. The summed E-state index contributed by atoms with van der Waals surface area (Å²) >= 11 is 5.98. The maximum atomic E-state index is 11.6. The summed E-state index contributed by atoms with van der Waals surface area (Å²) in [4.78, 5) is 29.5. The first-order valence-electron chi connectivity index (χ1n) is 5.67. The van der Waals surface area contributed by atoms with Crippen LogP contribution in [0.5, 0.6) is 0 Å². The van der Waals surface area contributed by atoms with Gasteiger partial charge in [0.15, 0.2) is 0 Å². The number of halogens is 1. The molecule has 0 aliphatic carbocycles. The minimum absolute atomic E-state index is 0.265. The summed E-state index contributed by atoms with van der Waals surface area (Å²) in [6.45, 7) is 1.73. The van der Waals surface area contributed by atoms with Crippen LogP contribution in [0.15, 0.2) is 18.5 Å². The third-order valence-corrected chi connectivity index (χ3v) is 3.14. The monoisotopic (exact) mass is 280 g/mol. The number of nitrogens with two attached hydrogens (primary N) is 1. The molecule has 2 rings (SSSR count). The first kappa shape index (κ1) is 13.4. The lowest BCUT2D eigenvalue weighted by Crippen LogP contribution is -2.36. The van der Waals surface area contributed by atoms with E-state index in [4.69, 9.17) is 17.3 Å². The Morgan fingerprint density at radius 2 is 2.32 bits per heavy atom. The molecule has 0 saturated heterocycles. The summed E-state index contributed by atoms with van der Waals surface area (Å²) in [7, 11) is 0. The van der Waals surface area contributed by atoms with Crippen molar-refractivity contribution in [3.8, 4) is 0 Å². The Bertz CT molecular complexity index is 638. The number of nitrogens with zero attached hydrogens (tertiary/aromatic N) is 1. The zero-order valence-electron chi connectivity index (χ0n) is 10.2. The molecule has 100 valence electrons. The van der Waals surface area contributed by atoms with E-state index in [1.165, 1.54) is 6.92 Å². The summed E-state index contributed by atoms with van der Waals surface area (Å²) in [6, 6.07) is 1.83. The first-order valence-corrected chi connectivity index (χ1v) is 6.05. The fourth-order valence-electron chi connectivity index (χ4n) is 1.58. The van der Waals surface area contributed by atoms with Crippen LogP contribution in [-0.2, 0) is 16.1 Å². The second kappa shape index (κ2) is 5.27. The smallest absolute Gasteiger partial charge is 0.232 e. The molecule has 2 aromatic heterocycles. The van der Waals surface area contributed by atoms with Gasteiger partial charge in [-0.15, -0.1) is 0 Å². The Balaban J connectivity index is 2.07. The molecule has 0 aliphatic heterocycles. The predicted molar refractivity (Wildman–Crippen MR) is 71.3 cm³/mol. The lowest BCUT2D eigenvalue weighted by atomic mass is 10.1. The summed E-state index contributed by atoms with van der Waals surface area (Å²) in [5, 5.41) is 3.98. The van der Waals surface area contributed by atoms with Gasteiger partial charge >= 0.3 is 0 Å². The molecule has 0 fully saturated rings. The van der Waals surface area contributed by atoms with E-state index in [2.05, 4.69) is 15.3 Å². The molecule has 2 heterocycles. The average Bonchev–Trinajstić information content (AvgIpc) is 2.76. The molecule has 6 nitrogen and oxygen atoms in total. The molecule has 0 radical (unpaired) electrons. The van der Waals surface area contributed by atoms with E-state index in [1.54, 1.807) is 12.4 Å². The van der Waals surface area contributed by atoms with Crippen molar-refractivity contribution >= 4 is 34.4 Å². The molecule has 4 N–H and O–H groups in total. The van der Waals surface area contributed by atoms with Crippen molar-refractivity contribution in [2.75, 3.05) is 0 Å². The number of carbonyl (C=O) groups is 2. The molecule has 1 atom stereocenters. The number of aromatic nitrogens is 2. The third-order valence-electron chi connectivity index (χ3n) is 2.82. The van der Waals surface area contributed by atoms with Gasteiger partial charge in [-0.2, -0.15) is 0 Å². The van der Waals surface area contributed by atoms with Crippen molar-refractivity contribution in [1.29, 1.82) is 0 Å². The lowest BCUT2D eigenvalue weighted by molar-refractivity contribution is -0.132. The van der Waals surface area contributed by atoms with E-state index >= 15 is 0 Å². The Morgan fingerprint density at radius 3 is 3.00 bits per heavy atom. The summed E-state index contributed by atoms with van der Waals surface area (Å²) in [6.07, 6.45) is 3.28. The molecule has 0 aliphatic rings. The number of hydrogen-bond donors (Lipinski definition) is 3. The molecule has 0 unspecified atom stereocenters. The molecule has 19 heavy (non-hydrogen) atoms. The van der Waals surface area contributed by atoms with Gasteiger partial charge in [0.1, 0.15) is 11.6 Å². The van der Waals surface area contributed by atoms with E-state index < -0.39 is 17.7 Å². The number of aromatic amines is 1. The molecule has 2 aromatic rings. The van der Waals surface area contributed by atoms with Crippen molar-refractivity contribution in [2.45, 2.75) is 13.5 Å². The number of H-pyrrole nitrogens is 1. The minimum Gasteiger partial charge on any atom is -0.369 e. The van der Waals surface area contributed by atoms with Crippen LogP contribution in [0.25, 0.3) is 11.0 Å². The normalized spacial score (nSPS) is 12.3. The van der Waals surface area contributed by atoms with E-state index in [9.17, 15) is 9.59 Å². The summed E-state index contributed by atoms with van der Waals surface area (Å²) < 4.78 is 0.